The van der Waals surface area contributed by atoms with Gasteiger partial charge in [-0.15, -0.1) is 0 Å². The van der Waals surface area contributed by atoms with E-state index in [-0.39, 0.29) is 11.7 Å². The van der Waals surface area contributed by atoms with E-state index in [1.165, 1.54) is 19.5 Å². The first kappa shape index (κ1) is 19.7. The average molecular weight is 373 g/mol. The maximum atomic E-state index is 12.0. The molecule has 1 amide bonds. The number of oxazole rings is 1. The SMILES string of the molecule is C[C@@H]1C[C@H](C)CN(CCCNC(=O)CCCn2c(=O)oc3ccccc32)C1. The highest BCUT2D eigenvalue weighted by Crippen LogP contribution is 2.20. The maximum Gasteiger partial charge on any atom is 0.419 e. The Balaban J connectivity index is 1.34. The predicted octanol–water partition coefficient (Wildman–Crippen LogP) is 2.86. The van der Waals surface area contributed by atoms with Crippen LogP contribution in [0.3, 0.4) is 0 Å². The molecule has 0 bridgehead atoms. The quantitative estimate of drug-likeness (QED) is 0.723. The van der Waals surface area contributed by atoms with Gasteiger partial charge in [-0.1, -0.05) is 26.0 Å². The summed E-state index contributed by atoms with van der Waals surface area (Å²) >= 11 is 0. The molecule has 27 heavy (non-hydrogen) atoms. The molecule has 2 atom stereocenters. The van der Waals surface area contributed by atoms with Crippen LogP contribution in [0.25, 0.3) is 11.1 Å². The third kappa shape index (κ3) is 5.45. The number of para-hydroxylation sites is 2. The van der Waals surface area contributed by atoms with Crippen LogP contribution in [0, 0.1) is 11.8 Å². The Morgan fingerprint density at radius 3 is 2.67 bits per heavy atom. The van der Waals surface area contributed by atoms with Gasteiger partial charge in [0.1, 0.15) is 0 Å². The van der Waals surface area contributed by atoms with Crippen molar-refractivity contribution in [2.45, 2.75) is 46.1 Å². The topological polar surface area (TPSA) is 67.5 Å². The van der Waals surface area contributed by atoms with Crippen molar-refractivity contribution < 1.29 is 9.21 Å². The van der Waals surface area contributed by atoms with Gasteiger partial charge in [0.15, 0.2) is 5.58 Å². The zero-order valence-corrected chi connectivity index (χ0v) is 16.4. The van der Waals surface area contributed by atoms with Crippen LogP contribution in [0.5, 0.6) is 0 Å². The van der Waals surface area contributed by atoms with E-state index >= 15 is 0 Å². The van der Waals surface area contributed by atoms with Gasteiger partial charge < -0.3 is 14.6 Å². The second-order valence-electron chi connectivity index (χ2n) is 8.00. The first-order chi connectivity index (χ1) is 13.0. The summed E-state index contributed by atoms with van der Waals surface area (Å²) in [5.41, 5.74) is 1.38. The number of nitrogens with zero attached hydrogens (tertiary/aromatic N) is 2. The predicted molar refractivity (Wildman–Crippen MR) is 107 cm³/mol. The van der Waals surface area contributed by atoms with E-state index in [0.717, 1.165) is 30.3 Å². The fourth-order valence-corrected chi connectivity index (χ4v) is 4.22. The first-order valence-corrected chi connectivity index (χ1v) is 10.1. The molecule has 1 saturated heterocycles. The molecule has 0 unspecified atom stereocenters. The number of nitrogens with one attached hydrogen (secondary N) is 1. The Morgan fingerprint density at radius 2 is 1.89 bits per heavy atom. The van der Waals surface area contributed by atoms with Crippen LogP contribution in [-0.4, -0.2) is 41.6 Å². The zero-order valence-electron chi connectivity index (χ0n) is 16.4. The molecule has 3 rings (SSSR count). The summed E-state index contributed by atoms with van der Waals surface area (Å²) in [6.07, 6.45) is 3.35. The molecule has 0 spiro atoms. The number of amides is 1. The summed E-state index contributed by atoms with van der Waals surface area (Å²) < 4.78 is 6.81. The molecule has 148 valence electrons. The molecule has 0 aliphatic carbocycles. The molecule has 1 aliphatic rings. The van der Waals surface area contributed by atoms with E-state index in [9.17, 15) is 9.59 Å². The lowest BCUT2D eigenvalue weighted by atomic mass is 9.92. The van der Waals surface area contributed by atoms with Gasteiger partial charge in [-0.2, -0.15) is 0 Å². The zero-order chi connectivity index (χ0) is 19.2. The van der Waals surface area contributed by atoms with Crippen LogP contribution in [0.1, 0.15) is 39.5 Å². The van der Waals surface area contributed by atoms with Crippen molar-refractivity contribution in [3.05, 3.63) is 34.8 Å². The lowest BCUT2D eigenvalue weighted by Crippen LogP contribution is -2.40. The fourth-order valence-electron chi connectivity index (χ4n) is 4.22. The van der Waals surface area contributed by atoms with E-state index in [0.29, 0.717) is 31.5 Å². The normalized spacial score (nSPS) is 20.8. The molecule has 1 N–H and O–H groups in total. The minimum atomic E-state index is -0.360. The van der Waals surface area contributed by atoms with Gasteiger partial charge >= 0.3 is 5.76 Å². The summed E-state index contributed by atoms with van der Waals surface area (Å²) in [5, 5.41) is 3.00. The first-order valence-electron chi connectivity index (χ1n) is 10.1. The van der Waals surface area contributed by atoms with E-state index < -0.39 is 0 Å². The molecule has 0 radical (unpaired) electrons. The number of rotatable bonds is 8. The van der Waals surface area contributed by atoms with Crippen molar-refractivity contribution in [3.63, 3.8) is 0 Å². The number of carbonyl (C=O) groups is 1. The van der Waals surface area contributed by atoms with E-state index in [1.54, 1.807) is 10.6 Å². The standard InChI is InChI=1S/C21H31N3O3/c1-16-13-17(2)15-23(14-16)11-6-10-22-20(25)9-5-12-24-18-7-3-4-8-19(18)27-21(24)26/h3-4,7-8,16-17H,5-6,9-15H2,1-2H3,(H,22,25)/t16-,17+. The van der Waals surface area contributed by atoms with Crippen LogP contribution in [0.2, 0.25) is 0 Å². The number of piperidine rings is 1. The van der Waals surface area contributed by atoms with Crippen molar-refractivity contribution in [1.82, 2.24) is 14.8 Å². The number of fused-ring (bicyclic) bond motifs is 1. The Labute approximate surface area is 160 Å². The number of likely N-dealkylation sites (tertiary alicyclic amines) is 1. The molecule has 1 aromatic carbocycles. The second kappa shape index (κ2) is 9.22. The van der Waals surface area contributed by atoms with E-state index in [2.05, 4.69) is 24.1 Å². The third-order valence-corrected chi connectivity index (χ3v) is 5.28. The molecular formula is C21H31N3O3. The Morgan fingerprint density at radius 1 is 1.15 bits per heavy atom. The highest BCUT2D eigenvalue weighted by molar-refractivity contribution is 5.76. The summed E-state index contributed by atoms with van der Waals surface area (Å²) in [6, 6.07) is 7.37. The van der Waals surface area contributed by atoms with Crippen LogP contribution in [-0.2, 0) is 11.3 Å². The highest BCUT2D eigenvalue weighted by atomic mass is 16.4. The smallest absolute Gasteiger partial charge is 0.408 e. The maximum absolute atomic E-state index is 12.0. The van der Waals surface area contributed by atoms with Crippen molar-refractivity contribution in [2.24, 2.45) is 11.8 Å². The Bertz CT molecular complexity index is 800. The molecule has 6 nitrogen and oxygen atoms in total. The molecule has 1 aromatic heterocycles. The highest BCUT2D eigenvalue weighted by Gasteiger charge is 2.21. The molecule has 0 saturated carbocycles. The number of hydrogen-bond donors (Lipinski definition) is 1. The number of benzene rings is 1. The van der Waals surface area contributed by atoms with E-state index in [4.69, 9.17) is 4.42 Å². The van der Waals surface area contributed by atoms with Crippen molar-refractivity contribution in [1.29, 1.82) is 0 Å². The summed E-state index contributed by atoms with van der Waals surface area (Å²) in [7, 11) is 0. The van der Waals surface area contributed by atoms with Gasteiger partial charge in [0.25, 0.3) is 0 Å². The average Bonchev–Trinajstić information content (AvgIpc) is 2.94. The number of aromatic nitrogens is 1. The monoisotopic (exact) mass is 373 g/mol. The molecule has 1 aliphatic heterocycles. The van der Waals surface area contributed by atoms with Gasteiger partial charge in [0, 0.05) is 32.6 Å². The van der Waals surface area contributed by atoms with Gasteiger partial charge in [0.05, 0.1) is 5.52 Å². The van der Waals surface area contributed by atoms with Crippen LogP contribution in [0.4, 0.5) is 0 Å². The van der Waals surface area contributed by atoms with Crippen LogP contribution in [0.15, 0.2) is 33.5 Å². The minimum Gasteiger partial charge on any atom is -0.408 e. The number of aryl methyl sites for hydroxylation is 1. The lowest BCUT2D eigenvalue weighted by molar-refractivity contribution is -0.121. The van der Waals surface area contributed by atoms with Crippen LogP contribution < -0.4 is 11.1 Å². The van der Waals surface area contributed by atoms with Crippen molar-refractivity contribution >= 4 is 17.0 Å². The molecule has 6 heteroatoms. The molecule has 2 aromatic rings. The summed E-state index contributed by atoms with van der Waals surface area (Å²) in [5.74, 6) is 1.23. The van der Waals surface area contributed by atoms with Gasteiger partial charge in [-0.25, -0.2) is 4.79 Å². The third-order valence-electron chi connectivity index (χ3n) is 5.28. The Hall–Kier alpha value is -2.08. The number of carbonyl (C=O) groups excluding carboxylic acids is 1. The van der Waals surface area contributed by atoms with E-state index in [1.807, 2.05) is 18.2 Å². The number of hydrogen-bond acceptors (Lipinski definition) is 4. The van der Waals surface area contributed by atoms with Gasteiger partial charge in [-0.3, -0.25) is 9.36 Å². The van der Waals surface area contributed by atoms with Crippen molar-refractivity contribution in [2.75, 3.05) is 26.2 Å². The van der Waals surface area contributed by atoms with Gasteiger partial charge in [-0.05, 0) is 49.8 Å². The van der Waals surface area contributed by atoms with Crippen molar-refractivity contribution in [3.8, 4) is 0 Å². The largest absolute Gasteiger partial charge is 0.419 e. The minimum absolute atomic E-state index is 0.0521. The van der Waals surface area contributed by atoms with Crippen LogP contribution >= 0.6 is 0 Å². The summed E-state index contributed by atoms with van der Waals surface area (Å²) in [6.45, 7) is 9.24. The fraction of sp³-hybridized carbons (Fsp3) is 0.619. The Kier molecular flexibility index (Phi) is 6.72. The second-order valence-corrected chi connectivity index (χ2v) is 8.00. The molecular weight excluding hydrogens is 342 g/mol. The van der Waals surface area contributed by atoms with Gasteiger partial charge in [0.2, 0.25) is 5.91 Å². The lowest BCUT2D eigenvalue weighted by Gasteiger charge is -2.34. The molecule has 1 fully saturated rings. The molecule has 2 heterocycles. The summed E-state index contributed by atoms with van der Waals surface area (Å²) in [4.78, 5) is 26.5.